The van der Waals surface area contributed by atoms with Gasteiger partial charge in [-0.3, -0.25) is 0 Å². The Morgan fingerprint density at radius 2 is 2.14 bits per heavy atom. The molecular formula is C9H6ClNO3. The second-order valence-electron chi connectivity index (χ2n) is 2.79. The summed E-state index contributed by atoms with van der Waals surface area (Å²) in [4.78, 5) is 11.1. The van der Waals surface area contributed by atoms with Crippen LogP contribution in [0.2, 0.25) is 5.02 Å². The van der Waals surface area contributed by atoms with E-state index in [-0.39, 0.29) is 17.0 Å². The van der Waals surface area contributed by atoms with Gasteiger partial charge in [0, 0.05) is 11.1 Å². The van der Waals surface area contributed by atoms with Crippen LogP contribution in [0.25, 0.3) is 11.0 Å². The normalized spacial score (nSPS) is 10.6. The molecule has 5 heteroatoms. The molecule has 4 nitrogen and oxygen atoms in total. The van der Waals surface area contributed by atoms with Crippen LogP contribution in [0.5, 0.6) is 5.75 Å². The van der Waals surface area contributed by atoms with E-state index in [9.17, 15) is 9.90 Å². The fraction of sp³-hybridized carbons (Fsp3) is 0. The predicted molar refractivity (Wildman–Crippen MR) is 53.6 cm³/mol. The van der Waals surface area contributed by atoms with Crippen molar-refractivity contribution in [2.45, 2.75) is 0 Å². The summed E-state index contributed by atoms with van der Waals surface area (Å²) in [6, 6.07) is 4.55. The number of nitrogens with two attached hydrogens (primary N) is 1. The third-order valence-electron chi connectivity index (χ3n) is 1.88. The summed E-state index contributed by atoms with van der Waals surface area (Å²) in [5.74, 6) is -0.270. The highest BCUT2D eigenvalue weighted by Crippen LogP contribution is 2.29. The van der Waals surface area contributed by atoms with E-state index in [2.05, 4.69) is 0 Å². The number of anilines is 1. The summed E-state index contributed by atoms with van der Waals surface area (Å²) < 4.78 is 4.83. The van der Waals surface area contributed by atoms with Crippen LogP contribution in [0.1, 0.15) is 0 Å². The molecule has 0 radical (unpaired) electrons. The largest absolute Gasteiger partial charge is 0.505 e. The Balaban J connectivity index is 2.98. The lowest BCUT2D eigenvalue weighted by molar-refractivity contribution is 0.472. The van der Waals surface area contributed by atoms with E-state index in [0.29, 0.717) is 10.4 Å². The first-order valence-corrected chi connectivity index (χ1v) is 4.18. The fourth-order valence-corrected chi connectivity index (χ4v) is 1.33. The molecule has 72 valence electrons. The molecule has 1 aromatic heterocycles. The number of hydrogen-bond acceptors (Lipinski definition) is 4. The van der Waals surface area contributed by atoms with Gasteiger partial charge in [-0.1, -0.05) is 11.6 Å². The minimum atomic E-state index is -0.766. The Kier molecular flexibility index (Phi) is 1.86. The molecule has 3 N–H and O–H groups in total. The molecule has 0 amide bonds. The lowest BCUT2D eigenvalue weighted by atomic mass is 10.2. The van der Waals surface area contributed by atoms with Crippen molar-refractivity contribution in [2.24, 2.45) is 0 Å². The van der Waals surface area contributed by atoms with Gasteiger partial charge in [-0.25, -0.2) is 4.79 Å². The summed E-state index contributed by atoms with van der Waals surface area (Å²) >= 11 is 5.69. The molecule has 14 heavy (non-hydrogen) atoms. The number of benzene rings is 1. The third-order valence-corrected chi connectivity index (χ3v) is 2.11. The van der Waals surface area contributed by atoms with E-state index in [4.69, 9.17) is 21.8 Å². The van der Waals surface area contributed by atoms with Crippen molar-refractivity contribution in [1.29, 1.82) is 0 Å². The van der Waals surface area contributed by atoms with Crippen molar-refractivity contribution in [3.63, 3.8) is 0 Å². The predicted octanol–water partition coefficient (Wildman–Crippen LogP) is 1.73. The van der Waals surface area contributed by atoms with Gasteiger partial charge in [0.25, 0.3) is 0 Å². The summed E-state index contributed by atoms with van der Waals surface area (Å²) in [7, 11) is 0. The van der Waals surface area contributed by atoms with Crippen molar-refractivity contribution in [2.75, 3.05) is 5.73 Å². The van der Waals surface area contributed by atoms with Gasteiger partial charge in [-0.15, -0.1) is 0 Å². The summed E-state index contributed by atoms with van der Waals surface area (Å²) in [6.45, 7) is 0. The summed E-state index contributed by atoms with van der Waals surface area (Å²) in [5.41, 5.74) is 4.46. The molecule has 0 atom stereocenters. The minimum absolute atomic E-state index is 0.217. The first-order valence-electron chi connectivity index (χ1n) is 3.80. The molecule has 0 bridgehead atoms. The molecule has 1 aromatic carbocycles. The van der Waals surface area contributed by atoms with Crippen molar-refractivity contribution in [3.05, 3.63) is 33.6 Å². The van der Waals surface area contributed by atoms with Crippen molar-refractivity contribution in [3.8, 4) is 5.75 Å². The molecule has 0 fully saturated rings. The van der Waals surface area contributed by atoms with Crippen molar-refractivity contribution >= 4 is 28.3 Å². The molecular weight excluding hydrogens is 206 g/mol. The number of aromatic hydroxyl groups is 1. The van der Waals surface area contributed by atoms with Crippen LogP contribution < -0.4 is 11.4 Å². The molecule has 0 aliphatic carbocycles. The quantitative estimate of drug-likeness (QED) is 0.651. The van der Waals surface area contributed by atoms with E-state index in [0.717, 1.165) is 0 Å². The third kappa shape index (κ3) is 1.20. The van der Waals surface area contributed by atoms with Gasteiger partial charge < -0.3 is 15.3 Å². The lowest BCUT2D eigenvalue weighted by Crippen LogP contribution is -2.06. The molecule has 2 aromatic rings. The second-order valence-corrected chi connectivity index (χ2v) is 3.23. The highest BCUT2D eigenvalue weighted by Gasteiger charge is 2.10. The molecule has 0 saturated carbocycles. The van der Waals surface area contributed by atoms with E-state index in [1.807, 2.05) is 0 Å². The Labute approximate surface area is 83.5 Å². The van der Waals surface area contributed by atoms with Crippen LogP contribution in [-0.4, -0.2) is 5.11 Å². The molecule has 0 aliphatic rings. The number of nitrogen functional groups attached to an aromatic ring is 1. The zero-order valence-corrected chi connectivity index (χ0v) is 7.71. The van der Waals surface area contributed by atoms with Crippen LogP contribution in [-0.2, 0) is 0 Å². The average Bonchev–Trinajstić information content (AvgIpc) is 2.14. The van der Waals surface area contributed by atoms with E-state index in [1.165, 1.54) is 12.1 Å². The highest BCUT2D eigenvalue weighted by molar-refractivity contribution is 6.31. The van der Waals surface area contributed by atoms with E-state index >= 15 is 0 Å². The molecule has 0 spiro atoms. The zero-order chi connectivity index (χ0) is 10.3. The lowest BCUT2D eigenvalue weighted by Gasteiger charge is -2.01. The Bertz CT molecular complexity index is 562. The number of halogens is 1. The average molecular weight is 212 g/mol. The van der Waals surface area contributed by atoms with Crippen molar-refractivity contribution < 1.29 is 9.52 Å². The maximum Gasteiger partial charge on any atom is 0.363 e. The Hall–Kier alpha value is -1.68. The second kappa shape index (κ2) is 2.92. The fourth-order valence-electron chi connectivity index (χ4n) is 1.17. The topological polar surface area (TPSA) is 76.5 Å². The van der Waals surface area contributed by atoms with E-state index < -0.39 is 5.63 Å². The van der Waals surface area contributed by atoms with Gasteiger partial charge in [0.1, 0.15) is 5.58 Å². The van der Waals surface area contributed by atoms with Gasteiger partial charge >= 0.3 is 5.63 Å². The van der Waals surface area contributed by atoms with Crippen molar-refractivity contribution in [1.82, 2.24) is 0 Å². The number of rotatable bonds is 0. The van der Waals surface area contributed by atoms with Crippen LogP contribution in [0, 0.1) is 0 Å². The van der Waals surface area contributed by atoms with Gasteiger partial charge in [0.2, 0.25) is 0 Å². The Morgan fingerprint density at radius 1 is 1.43 bits per heavy atom. The van der Waals surface area contributed by atoms with Gasteiger partial charge in [0.05, 0.1) is 5.39 Å². The molecule has 0 aliphatic heterocycles. The van der Waals surface area contributed by atoms with E-state index in [1.54, 1.807) is 6.07 Å². The first-order chi connectivity index (χ1) is 6.59. The summed E-state index contributed by atoms with van der Waals surface area (Å²) in [6.07, 6.45) is 0. The van der Waals surface area contributed by atoms with Gasteiger partial charge in [-0.2, -0.15) is 0 Å². The first kappa shape index (κ1) is 8.90. The van der Waals surface area contributed by atoms with Crippen LogP contribution in [0.3, 0.4) is 0 Å². The Morgan fingerprint density at radius 3 is 2.86 bits per heavy atom. The molecule has 1 heterocycles. The highest BCUT2D eigenvalue weighted by atomic mass is 35.5. The monoisotopic (exact) mass is 211 g/mol. The number of hydrogen-bond donors (Lipinski definition) is 2. The maximum absolute atomic E-state index is 11.1. The minimum Gasteiger partial charge on any atom is -0.505 e. The SMILES string of the molecule is Nc1c(O)c2ccc(Cl)cc2oc1=O. The van der Waals surface area contributed by atoms with Gasteiger partial charge in [-0.05, 0) is 12.1 Å². The number of fused-ring (bicyclic) bond motifs is 1. The molecule has 0 saturated heterocycles. The van der Waals surface area contributed by atoms with Gasteiger partial charge in [0.15, 0.2) is 11.4 Å². The van der Waals surface area contributed by atoms with Crippen LogP contribution in [0.15, 0.2) is 27.4 Å². The smallest absolute Gasteiger partial charge is 0.363 e. The standard InChI is InChI=1S/C9H6ClNO3/c10-4-1-2-5-6(3-4)14-9(13)7(11)8(5)12/h1-3,12H,11H2. The molecule has 2 rings (SSSR count). The molecule has 0 unspecified atom stereocenters. The van der Waals surface area contributed by atoms with Crippen LogP contribution in [0.4, 0.5) is 5.69 Å². The van der Waals surface area contributed by atoms with Crippen LogP contribution >= 0.6 is 11.6 Å². The maximum atomic E-state index is 11.1. The summed E-state index contributed by atoms with van der Waals surface area (Å²) in [5, 5.41) is 10.3. The zero-order valence-electron chi connectivity index (χ0n) is 6.95.